The molecule has 0 aliphatic heterocycles. The summed E-state index contributed by atoms with van der Waals surface area (Å²) in [5.74, 6) is 0.488. The zero-order valence-electron chi connectivity index (χ0n) is 18.5. The van der Waals surface area contributed by atoms with E-state index in [1.807, 2.05) is 24.3 Å². The molecular formula is C24H34O4Si. The number of phenols is 1. The summed E-state index contributed by atoms with van der Waals surface area (Å²) in [7, 11) is -1.28. The smallest absolute Gasteiger partial charge is 0.347 e. The number of hydrogen-bond donors (Lipinski definition) is 1. The van der Waals surface area contributed by atoms with Crippen molar-refractivity contribution in [2.45, 2.75) is 64.4 Å². The lowest BCUT2D eigenvalue weighted by molar-refractivity contribution is -0.151. The average molecular weight is 415 g/mol. The number of benzene rings is 2. The van der Waals surface area contributed by atoms with Gasteiger partial charge in [-0.3, -0.25) is 0 Å². The molecule has 2 aromatic carbocycles. The summed E-state index contributed by atoms with van der Waals surface area (Å²) in [6.07, 6.45) is -0.353. The lowest BCUT2D eigenvalue weighted by Gasteiger charge is -2.22. The van der Waals surface area contributed by atoms with E-state index in [4.69, 9.17) is 9.47 Å². The van der Waals surface area contributed by atoms with Crippen molar-refractivity contribution >= 4 is 14.0 Å². The van der Waals surface area contributed by atoms with E-state index in [1.54, 1.807) is 24.3 Å². The van der Waals surface area contributed by atoms with Gasteiger partial charge in [-0.2, -0.15) is 0 Å². The van der Waals surface area contributed by atoms with Crippen LogP contribution in [0, 0.1) is 0 Å². The maximum atomic E-state index is 12.7. The third-order valence-electron chi connectivity index (χ3n) is 4.72. The molecule has 0 aromatic heterocycles. The minimum Gasteiger partial charge on any atom is -0.508 e. The Labute approximate surface area is 175 Å². The van der Waals surface area contributed by atoms with Crippen LogP contribution < -0.4 is 4.74 Å². The second kappa shape index (κ2) is 9.48. The van der Waals surface area contributed by atoms with Gasteiger partial charge >= 0.3 is 5.97 Å². The second-order valence-corrected chi connectivity index (χ2v) is 15.4. The molecule has 2 aromatic rings. The molecule has 0 radical (unpaired) electrons. The van der Waals surface area contributed by atoms with E-state index in [9.17, 15) is 9.90 Å². The number of esters is 1. The number of phenolic OH excluding ortho intramolecular Hbond substituents is 1. The lowest BCUT2D eigenvalue weighted by atomic mass is 9.87. The van der Waals surface area contributed by atoms with Gasteiger partial charge in [0.25, 0.3) is 0 Å². The molecule has 1 N–H and O–H groups in total. The monoisotopic (exact) mass is 414 g/mol. The molecule has 1 atom stereocenters. The van der Waals surface area contributed by atoms with Crippen molar-refractivity contribution in [2.75, 3.05) is 6.61 Å². The van der Waals surface area contributed by atoms with Crippen molar-refractivity contribution in [1.29, 1.82) is 0 Å². The van der Waals surface area contributed by atoms with Gasteiger partial charge in [0.2, 0.25) is 0 Å². The van der Waals surface area contributed by atoms with Crippen molar-refractivity contribution in [3.05, 3.63) is 59.7 Å². The third-order valence-corrected chi connectivity index (χ3v) is 6.42. The number of carbonyl (C=O) groups is 1. The Morgan fingerprint density at radius 1 is 1.00 bits per heavy atom. The molecule has 4 nitrogen and oxygen atoms in total. The maximum absolute atomic E-state index is 12.7. The molecule has 29 heavy (non-hydrogen) atoms. The topological polar surface area (TPSA) is 55.8 Å². The molecule has 1 unspecified atom stereocenters. The first-order chi connectivity index (χ1) is 13.4. The first kappa shape index (κ1) is 23.0. The summed E-state index contributed by atoms with van der Waals surface area (Å²) in [5.41, 5.74) is 2.17. The first-order valence-electron chi connectivity index (χ1n) is 10.2. The standard InChI is InChI=1S/C24H34O4Si/c1-24(2,3)19-9-13-21(14-10-19)28-22(17-18-7-11-20(25)12-8-18)23(26)27-15-16-29(4,5)6/h7-14,22,25H,15-17H2,1-6H3. The number of rotatable bonds is 8. The summed E-state index contributed by atoms with van der Waals surface area (Å²) in [5, 5.41) is 9.50. The molecule has 158 valence electrons. The Kier molecular flexibility index (Phi) is 7.52. The number of hydrogen-bond acceptors (Lipinski definition) is 4. The zero-order valence-corrected chi connectivity index (χ0v) is 19.5. The molecule has 0 aliphatic carbocycles. The van der Waals surface area contributed by atoms with Gasteiger partial charge < -0.3 is 14.6 Å². The normalized spacial score (nSPS) is 13.0. The molecular weight excluding hydrogens is 380 g/mol. The number of ether oxygens (including phenoxy) is 2. The summed E-state index contributed by atoms with van der Waals surface area (Å²) >= 11 is 0. The quantitative estimate of drug-likeness (QED) is 0.454. The Morgan fingerprint density at radius 2 is 1.59 bits per heavy atom. The van der Waals surface area contributed by atoms with Gasteiger partial charge in [-0.25, -0.2) is 4.79 Å². The highest BCUT2D eigenvalue weighted by molar-refractivity contribution is 6.76. The van der Waals surface area contributed by atoms with E-state index in [1.165, 1.54) is 5.56 Å². The Bertz CT molecular complexity index is 784. The molecule has 0 saturated carbocycles. The fraction of sp³-hybridized carbons (Fsp3) is 0.458. The largest absolute Gasteiger partial charge is 0.508 e. The second-order valence-electron chi connectivity index (χ2n) is 9.73. The van der Waals surface area contributed by atoms with Crippen LogP contribution in [-0.2, 0) is 21.4 Å². The van der Waals surface area contributed by atoms with Crippen LogP contribution in [0.4, 0.5) is 0 Å². The highest BCUT2D eigenvalue weighted by Gasteiger charge is 2.24. The van der Waals surface area contributed by atoms with Gasteiger partial charge in [0.15, 0.2) is 6.10 Å². The van der Waals surface area contributed by atoms with Crippen LogP contribution in [0.3, 0.4) is 0 Å². The van der Waals surface area contributed by atoms with E-state index < -0.39 is 14.2 Å². The Hall–Kier alpha value is -2.27. The van der Waals surface area contributed by atoms with Gasteiger partial charge in [-0.05, 0) is 46.9 Å². The molecule has 0 amide bonds. The van der Waals surface area contributed by atoms with Crippen molar-refractivity contribution in [3.8, 4) is 11.5 Å². The highest BCUT2D eigenvalue weighted by atomic mass is 28.3. The third kappa shape index (κ3) is 7.93. The summed E-state index contributed by atoms with van der Waals surface area (Å²) in [4.78, 5) is 12.7. The number of aromatic hydroxyl groups is 1. The zero-order chi connectivity index (χ0) is 21.7. The van der Waals surface area contributed by atoms with Crippen LogP contribution in [0.1, 0.15) is 31.9 Å². The van der Waals surface area contributed by atoms with Crippen molar-refractivity contribution in [3.63, 3.8) is 0 Å². The maximum Gasteiger partial charge on any atom is 0.347 e. The predicted octanol–water partition coefficient (Wildman–Crippen LogP) is 5.56. The van der Waals surface area contributed by atoms with Crippen LogP contribution in [0.5, 0.6) is 11.5 Å². The highest BCUT2D eigenvalue weighted by Crippen LogP contribution is 2.25. The molecule has 0 saturated heterocycles. The molecule has 5 heteroatoms. The van der Waals surface area contributed by atoms with Crippen molar-refractivity contribution in [2.24, 2.45) is 0 Å². The van der Waals surface area contributed by atoms with Crippen LogP contribution in [0.15, 0.2) is 48.5 Å². The van der Waals surface area contributed by atoms with E-state index in [0.717, 1.165) is 11.6 Å². The van der Waals surface area contributed by atoms with Gasteiger partial charge in [0, 0.05) is 14.5 Å². The fourth-order valence-electron chi connectivity index (χ4n) is 2.77. The lowest BCUT2D eigenvalue weighted by Crippen LogP contribution is -2.33. The summed E-state index contributed by atoms with van der Waals surface area (Å²) < 4.78 is 11.6. The van der Waals surface area contributed by atoms with Gasteiger partial charge in [0.05, 0.1) is 6.61 Å². The molecule has 2 rings (SSSR count). The molecule has 0 fully saturated rings. The van der Waals surface area contributed by atoms with Gasteiger partial charge in [-0.15, -0.1) is 0 Å². The van der Waals surface area contributed by atoms with E-state index >= 15 is 0 Å². The van der Waals surface area contributed by atoms with Crippen molar-refractivity contribution in [1.82, 2.24) is 0 Å². The van der Waals surface area contributed by atoms with E-state index in [2.05, 4.69) is 40.4 Å². The first-order valence-corrected chi connectivity index (χ1v) is 13.9. The molecule has 0 heterocycles. The SMILES string of the molecule is CC(C)(C)c1ccc(OC(Cc2ccc(O)cc2)C(=O)OCC[Si](C)(C)C)cc1. The van der Waals surface area contributed by atoms with Crippen LogP contribution in [-0.4, -0.2) is 31.9 Å². The summed E-state index contributed by atoms with van der Waals surface area (Å²) in [6.45, 7) is 13.7. The number of carbonyl (C=O) groups excluding carboxylic acids is 1. The molecule has 0 bridgehead atoms. The Balaban J connectivity index is 2.12. The van der Waals surface area contributed by atoms with Gasteiger partial charge in [0.1, 0.15) is 11.5 Å². The van der Waals surface area contributed by atoms with Crippen LogP contribution in [0.25, 0.3) is 0 Å². The Morgan fingerprint density at radius 3 is 2.10 bits per heavy atom. The van der Waals surface area contributed by atoms with E-state index in [0.29, 0.717) is 18.8 Å². The molecule has 0 spiro atoms. The minimum absolute atomic E-state index is 0.0553. The fourth-order valence-corrected chi connectivity index (χ4v) is 3.48. The van der Waals surface area contributed by atoms with Gasteiger partial charge in [-0.1, -0.05) is 64.7 Å². The van der Waals surface area contributed by atoms with Crippen LogP contribution in [0.2, 0.25) is 25.7 Å². The van der Waals surface area contributed by atoms with Crippen molar-refractivity contribution < 1.29 is 19.4 Å². The van der Waals surface area contributed by atoms with Crippen LogP contribution >= 0.6 is 0 Å². The summed E-state index contributed by atoms with van der Waals surface area (Å²) in [6, 6.07) is 15.6. The molecule has 0 aliphatic rings. The average Bonchev–Trinajstić information content (AvgIpc) is 2.61. The predicted molar refractivity (Wildman–Crippen MR) is 120 cm³/mol. The minimum atomic E-state index is -1.28. The van der Waals surface area contributed by atoms with E-state index in [-0.39, 0.29) is 17.1 Å².